The molecule has 156 valence electrons. The molecule has 1 aliphatic rings. The van der Waals surface area contributed by atoms with E-state index in [0.717, 1.165) is 5.82 Å². The highest BCUT2D eigenvalue weighted by molar-refractivity contribution is 7.89. The molecular formula is C20H25FN4O3S. The summed E-state index contributed by atoms with van der Waals surface area (Å²) >= 11 is 0. The second-order valence-electron chi connectivity index (χ2n) is 6.90. The van der Waals surface area contributed by atoms with Crippen molar-refractivity contribution in [2.75, 3.05) is 43.4 Å². The van der Waals surface area contributed by atoms with Crippen LogP contribution >= 0.6 is 0 Å². The maximum Gasteiger partial charge on any atom is 0.224 e. The second kappa shape index (κ2) is 9.80. The van der Waals surface area contributed by atoms with E-state index >= 15 is 0 Å². The number of hydrogen-bond acceptors (Lipinski definition) is 5. The van der Waals surface area contributed by atoms with Gasteiger partial charge in [0.25, 0.3) is 0 Å². The van der Waals surface area contributed by atoms with Crippen molar-refractivity contribution in [1.29, 1.82) is 0 Å². The van der Waals surface area contributed by atoms with Crippen molar-refractivity contribution in [2.45, 2.75) is 12.8 Å². The van der Waals surface area contributed by atoms with Crippen molar-refractivity contribution in [1.82, 2.24) is 14.6 Å². The van der Waals surface area contributed by atoms with Gasteiger partial charge in [-0.1, -0.05) is 18.2 Å². The molecule has 1 N–H and O–H groups in total. The third-order valence-corrected chi connectivity index (χ3v) is 6.74. The molecular weight excluding hydrogens is 395 g/mol. The molecule has 0 atom stereocenters. The van der Waals surface area contributed by atoms with E-state index < -0.39 is 10.0 Å². The zero-order valence-corrected chi connectivity index (χ0v) is 16.9. The third-order valence-electron chi connectivity index (χ3n) is 4.78. The van der Waals surface area contributed by atoms with Gasteiger partial charge in [0.1, 0.15) is 11.6 Å². The number of piperazine rings is 1. The molecule has 2 heterocycles. The van der Waals surface area contributed by atoms with Gasteiger partial charge in [-0.2, -0.15) is 4.31 Å². The molecule has 0 radical (unpaired) electrons. The summed E-state index contributed by atoms with van der Waals surface area (Å²) in [6.07, 6.45) is 2.21. The Morgan fingerprint density at radius 1 is 1.07 bits per heavy atom. The summed E-state index contributed by atoms with van der Waals surface area (Å²) in [6, 6.07) is 11.4. The van der Waals surface area contributed by atoms with E-state index in [1.54, 1.807) is 18.3 Å². The van der Waals surface area contributed by atoms with Crippen LogP contribution in [0.3, 0.4) is 0 Å². The van der Waals surface area contributed by atoms with Crippen LogP contribution < -0.4 is 10.2 Å². The highest BCUT2D eigenvalue weighted by Crippen LogP contribution is 2.15. The van der Waals surface area contributed by atoms with Gasteiger partial charge in [0.2, 0.25) is 15.9 Å². The molecule has 29 heavy (non-hydrogen) atoms. The van der Waals surface area contributed by atoms with Gasteiger partial charge in [0.15, 0.2) is 0 Å². The van der Waals surface area contributed by atoms with E-state index in [2.05, 4.69) is 15.2 Å². The molecule has 1 aromatic carbocycles. The lowest BCUT2D eigenvalue weighted by Crippen LogP contribution is -2.49. The number of anilines is 1. The van der Waals surface area contributed by atoms with Crippen molar-refractivity contribution in [3.05, 3.63) is 60.0 Å². The summed E-state index contributed by atoms with van der Waals surface area (Å²) in [6.45, 7) is 2.34. The molecule has 1 fully saturated rings. The lowest BCUT2D eigenvalue weighted by Gasteiger charge is -2.34. The quantitative estimate of drug-likeness (QED) is 0.653. The van der Waals surface area contributed by atoms with Crippen molar-refractivity contribution in [3.8, 4) is 0 Å². The van der Waals surface area contributed by atoms with Gasteiger partial charge in [-0.15, -0.1) is 0 Å². The molecule has 1 amide bonds. The Bertz CT molecular complexity index is 899. The average molecular weight is 421 g/mol. The normalized spacial score (nSPS) is 15.3. The molecule has 0 spiro atoms. The van der Waals surface area contributed by atoms with Gasteiger partial charge in [0.05, 0.1) is 12.2 Å². The number of sulfonamides is 1. The highest BCUT2D eigenvalue weighted by atomic mass is 32.2. The Hall–Kier alpha value is -2.52. The van der Waals surface area contributed by atoms with Crippen LogP contribution in [0.1, 0.15) is 12.0 Å². The fourth-order valence-electron chi connectivity index (χ4n) is 3.20. The van der Waals surface area contributed by atoms with Gasteiger partial charge >= 0.3 is 0 Å². The highest BCUT2D eigenvalue weighted by Gasteiger charge is 2.26. The fraction of sp³-hybridized carbons (Fsp3) is 0.400. The summed E-state index contributed by atoms with van der Waals surface area (Å²) in [5, 5.41) is 2.72. The zero-order chi connectivity index (χ0) is 20.7. The van der Waals surface area contributed by atoms with Gasteiger partial charge in [0, 0.05) is 38.9 Å². The van der Waals surface area contributed by atoms with Crippen molar-refractivity contribution >= 4 is 21.7 Å². The molecule has 0 saturated carbocycles. The number of rotatable bonds is 8. The van der Waals surface area contributed by atoms with Crippen molar-refractivity contribution < 1.29 is 17.6 Å². The number of aromatic nitrogens is 1. The number of carbonyl (C=O) groups is 1. The average Bonchev–Trinajstić information content (AvgIpc) is 2.74. The van der Waals surface area contributed by atoms with Crippen LogP contribution in [-0.4, -0.2) is 62.1 Å². The van der Waals surface area contributed by atoms with Crippen LogP contribution in [0.2, 0.25) is 0 Å². The van der Waals surface area contributed by atoms with Gasteiger partial charge < -0.3 is 10.2 Å². The SMILES string of the molecule is O=C(Cc1ccc(F)cc1)NCCCS(=O)(=O)N1CCN(c2ccccn2)CC1. The molecule has 1 saturated heterocycles. The fourth-order valence-corrected chi connectivity index (χ4v) is 4.68. The molecule has 9 heteroatoms. The summed E-state index contributed by atoms with van der Waals surface area (Å²) in [4.78, 5) is 18.3. The smallest absolute Gasteiger partial charge is 0.224 e. The van der Waals surface area contributed by atoms with Gasteiger partial charge in [-0.3, -0.25) is 4.79 Å². The molecule has 1 aliphatic heterocycles. The lowest BCUT2D eigenvalue weighted by molar-refractivity contribution is -0.120. The van der Waals surface area contributed by atoms with Crippen LogP contribution in [0, 0.1) is 5.82 Å². The minimum absolute atomic E-state index is 0.00653. The Morgan fingerprint density at radius 3 is 2.45 bits per heavy atom. The second-order valence-corrected chi connectivity index (χ2v) is 8.99. The van der Waals surface area contributed by atoms with E-state index in [1.165, 1.54) is 16.4 Å². The molecule has 1 aromatic heterocycles. The van der Waals surface area contributed by atoms with Crippen molar-refractivity contribution in [3.63, 3.8) is 0 Å². The van der Waals surface area contributed by atoms with Crippen LogP contribution in [0.25, 0.3) is 0 Å². The minimum atomic E-state index is -3.36. The first-order chi connectivity index (χ1) is 13.9. The van der Waals surface area contributed by atoms with Crippen LogP contribution in [0.15, 0.2) is 48.7 Å². The van der Waals surface area contributed by atoms with E-state index in [0.29, 0.717) is 38.2 Å². The number of carbonyl (C=O) groups excluding carboxylic acids is 1. The largest absolute Gasteiger partial charge is 0.356 e. The molecule has 0 bridgehead atoms. The zero-order valence-electron chi connectivity index (χ0n) is 16.1. The predicted octanol–water partition coefficient (Wildman–Crippen LogP) is 1.42. The number of pyridine rings is 1. The van der Waals surface area contributed by atoms with E-state index in [-0.39, 0.29) is 30.4 Å². The number of nitrogens with one attached hydrogen (secondary N) is 1. The Morgan fingerprint density at radius 2 is 1.79 bits per heavy atom. The van der Waals surface area contributed by atoms with E-state index in [9.17, 15) is 17.6 Å². The first kappa shape index (κ1) is 21.2. The van der Waals surface area contributed by atoms with E-state index in [1.807, 2.05) is 18.2 Å². The Kier molecular flexibility index (Phi) is 7.16. The van der Waals surface area contributed by atoms with E-state index in [4.69, 9.17) is 0 Å². The van der Waals surface area contributed by atoms with Crippen molar-refractivity contribution in [2.24, 2.45) is 0 Å². The van der Waals surface area contributed by atoms with Gasteiger partial charge in [-0.25, -0.2) is 17.8 Å². The molecule has 3 rings (SSSR count). The summed E-state index contributed by atoms with van der Waals surface area (Å²) < 4.78 is 39.5. The predicted molar refractivity (Wildman–Crippen MR) is 110 cm³/mol. The van der Waals surface area contributed by atoms with Gasteiger partial charge in [-0.05, 0) is 36.2 Å². The number of nitrogens with zero attached hydrogens (tertiary/aromatic N) is 3. The first-order valence-corrected chi connectivity index (χ1v) is 11.2. The molecule has 7 nitrogen and oxygen atoms in total. The minimum Gasteiger partial charge on any atom is -0.356 e. The van der Waals surface area contributed by atoms with Crippen LogP contribution in [0.5, 0.6) is 0 Å². The molecule has 2 aromatic rings. The Labute approximate surface area is 170 Å². The third kappa shape index (κ3) is 6.23. The topological polar surface area (TPSA) is 82.6 Å². The first-order valence-electron chi connectivity index (χ1n) is 9.59. The summed E-state index contributed by atoms with van der Waals surface area (Å²) in [5.74, 6) is 0.291. The standard InChI is InChI=1S/C20H25FN4O3S/c21-18-7-5-17(6-8-18)16-20(26)23-10-3-15-29(27,28)25-13-11-24(12-14-25)19-4-1-2-9-22-19/h1-2,4-9H,3,10-16H2,(H,23,26). The number of hydrogen-bond donors (Lipinski definition) is 1. The van der Waals surface area contributed by atoms with Crippen LogP contribution in [0.4, 0.5) is 10.2 Å². The number of benzene rings is 1. The summed E-state index contributed by atoms with van der Waals surface area (Å²) in [7, 11) is -3.36. The maximum atomic E-state index is 12.9. The Balaban J connectivity index is 1.38. The summed E-state index contributed by atoms with van der Waals surface area (Å²) in [5.41, 5.74) is 0.710. The molecule has 0 aliphatic carbocycles. The maximum absolute atomic E-state index is 12.9. The number of halogens is 1. The lowest BCUT2D eigenvalue weighted by atomic mass is 10.1. The number of amides is 1. The molecule has 0 unspecified atom stereocenters. The monoisotopic (exact) mass is 420 g/mol. The van der Waals surface area contributed by atoms with Crippen LogP contribution in [-0.2, 0) is 21.2 Å².